The van der Waals surface area contributed by atoms with Gasteiger partial charge in [0.2, 0.25) is 0 Å². The maximum Gasteiger partial charge on any atom is 0.162 e. The second-order valence-corrected chi connectivity index (χ2v) is 5.96. The van der Waals surface area contributed by atoms with Gasteiger partial charge in [-0.1, -0.05) is 13.8 Å². The Morgan fingerprint density at radius 3 is 2.45 bits per heavy atom. The summed E-state index contributed by atoms with van der Waals surface area (Å²) in [6, 6.07) is 3.58. The van der Waals surface area contributed by atoms with Crippen molar-refractivity contribution in [3.63, 3.8) is 0 Å². The van der Waals surface area contributed by atoms with Crippen molar-refractivity contribution in [1.29, 1.82) is 0 Å². The molecule has 0 spiro atoms. The molecule has 0 atom stereocenters. The molecule has 0 N–H and O–H groups in total. The standard InChI is InChI=1S/C8H13O2P/c1-3-11(9,4-2)8-6-5-7-10-8/h5-7H,3-4H2,1-2H3. The monoisotopic (exact) mass is 172 g/mol. The summed E-state index contributed by atoms with van der Waals surface area (Å²) in [6.45, 7) is 3.87. The van der Waals surface area contributed by atoms with Gasteiger partial charge in [-0.25, -0.2) is 0 Å². The summed E-state index contributed by atoms with van der Waals surface area (Å²) in [5, 5.41) is 0. The fraction of sp³-hybridized carbons (Fsp3) is 0.500. The largest absolute Gasteiger partial charge is 0.461 e. The lowest BCUT2D eigenvalue weighted by Crippen LogP contribution is -2.05. The second-order valence-electron chi connectivity index (χ2n) is 2.47. The number of furan rings is 1. The molecular formula is C8H13O2P. The highest BCUT2D eigenvalue weighted by atomic mass is 31.2. The van der Waals surface area contributed by atoms with Gasteiger partial charge in [-0.05, 0) is 12.1 Å². The van der Waals surface area contributed by atoms with E-state index in [9.17, 15) is 4.57 Å². The zero-order valence-electron chi connectivity index (χ0n) is 6.91. The molecule has 0 amide bonds. The highest BCUT2D eigenvalue weighted by molar-refractivity contribution is 7.71. The third kappa shape index (κ3) is 1.57. The number of hydrogen-bond donors (Lipinski definition) is 0. The van der Waals surface area contributed by atoms with Crippen LogP contribution in [0.1, 0.15) is 13.8 Å². The SMILES string of the molecule is CCP(=O)(CC)c1ccco1. The Morgan fingerprint density at radius 2 is 2.09 bits per heavy atom. The molecule has 2 nitrogen and oxygen atoms in total. The van der Waals surface area contributed by atoms with E-state index in [-0.39, 0.29) is 0 Å². The quantitative estimate of drug-likeness (QED) is 0.655. The summed E-state index contributed by atoms with van der Waals surface area (Å²) >= 11 is 0. The Balaban J connectivity index is 2.97. The predicted molar refractivity (Wildman–Crippen MR) is 47.0 cm³/mol. The van der Waals surface area contributed by atoms with E-state index < -0.39 is 7.14 Å². The Bertz CT molecular complexity index is 243. The summed E-state index contributed by atoms with van der Waals surface area (Å²) in [4.78, 5) is 0. The van der Waals surface area contributed by atoms with Gasteiger partial charge >= 0.3 is 0 Å². The van der Waals surface area contributed by atoms with Crippen molar-refractivity contribution < 1.29 is 8.98 Å². The van der Waals surface area contributed by atoms with Crippen molar-refractivity contribution in [2.45, 2.75) is 13.8 Å². The molecule has 0 bridgehead atoms. The molecule has 1 aromatic heterocycles. The van der Waals surface area contributed by atoms with E-state index >= 15 is 0 Å². The average molecular weight is 172 g/mol. The third-order valence-electron chi connectivity index (χ3n) is 1.93. The third-order valence-corrected chi connectivity index (χ3v) is 5.03. The van der Waals surface area contributed by atoms with Gasteiger partial charge in [0.1, 0.15) is 7.14 Å². The van der Waals surface area contributed by atoms with Crippen LogP contribution in [0.4, 0.5) is 0 Å². The summed E-state index contributed by atoms with van der Waals surface area (Å²) in [5.41, 5.74) is 0.669. The molecule has 0 aliphatic rings. The fourth-order valence-corrected chi connectivity index (χ4v) is 2.72. The predicted octanol–water partition coefficient (Wildman–Crippen LogP) is 2.31. The van der Waals surface area contributed by atoms with Crippen LogP contribution in [0.5, 0.6) is 0 Å². The van der Waals surface area contributed by atoms with E-state index in [2.05, 4.69) is 0 Å². The van der Waals surface area contributed by atoms with Crippen LogP contribution in [0.2, 0.25) is 0 Å². The minimum Gasteiger partial charge on any atom is -0.461 e. The van der Waals surface area contributed by atoms with Gasteiger partial charge in [-0.3, -0.25) is 0 Å². The van der Waals surface area contributed by atoms with Crippen molar-refractivity contribution >= 4 is 12.6 Å². The molecule has 0 unspecified atom stereocenters. The van der Waals surface area contributed by atoms with E-state index in [1.54, 1.807) is 18.4 Å². The number of hydrogen-bond acceptors (Lipinski definition) is 2. The molecule has 0 saturated carbocycles. The lowest BCUT2D eigenvalue weighted by molar-refractivity contribution is 0.558. The topological polar surface area (TPSA) is 30.2 Å². The molecule has 0 fully saturated rings. The van der Waals surface area contributed by atoms with Crippen molar-refractivity contribution in [3.8, 4) is 0 Å². The van der Waals surface area contributed by atoms with Crippen molar-refractivity contribution in [2.24, 2.45) is 0 Å². The molecule has 11 heavy (non-hydrogen) atoms. The first-order chi connectivity index (χ1) is 5.23. The van der Waals surface area contributed by atoms with Gasteiger partial charge in [0.05, 0.1) is 6.26 Å². The Morgan fingerprint density at radius 1 is 1.45 bits per heavy atom. The summed E-state index contributed by atoms with van der Waals surface area (Å²) < 4.78 is 17.0. The van der Waals surface area contributed by atoms with E-state index in [1.807, 2.05) is 13.8 Å². The first kappa shape index (κ1) is 8.61. The van der Waals surface area contributed by atoms with Crippen LogP contribution in [-0.2, 0) is 4.57 Å². The molecule has 0 aliphatic heterocycles. The normalized spacial score (nSPS) is 11.8. The van der Waals surface area contributed by atoms with Gasteiger partial charge in [0.15, 0.2) is 5.50 Å². The van der Waals surface area contributed by atoms with Crippen LogP contribution < -0.4 is 5.50 Å². The van der Waals surface area contributed by atoms with Crippen LogP contribution in [0.25, 0.3) is 0 Å². The molecular weight excluding hydrogens is 159 g/mol. The van der Waals surface area contributed by atoms with Crippen LogP contribution in [0.15, 0.2) is 22.8 Å². The molecule has 0 aromatic carbocycles. The Kier molecular flexibility index (Phi) is 2.56. The maximum absolute atomic E-state index is 11.9. The molecule has 62 valence electrons. The molecule has 1 rings (SSSR count). The lowest BCUT2D eigenvalue weighted by atomic mass is 10.7. The minimum atomic E-state index is -2.15. The van der Waals surface area contributed by atoms with Gasteiger partial charge in [-0.15, -0.1) is 0 Å². The summed E-state index contributed by atoms with van der Waals surface area (Å²) in [6.07, 6.45) is 2.96. The van der Waals surface area contributed by atoms with Crippen LogP contribution in [0.3, 0.4) is 0 Å². The van der Waals surface area contributed by atoms with Gasteiger partial charge in [0.25, 0.3) is 0 Å². The van der Waals surface area contributed by atoms with Crippen LogP contribution in [-0.4, -0.2) is 12.3 Å². The van der Waals surface area contributed by atoms with Gasteiger partial charge in [-0.2, -0.15) is 0 Å². The van der Waals surface area contributed by atoms with Gasteiger partial charge < -0.3 is 8.98 Å². The minimum absolute atomic E-state index is 0.669. The zero-order valence-corrected chi connectivity index (χ0v) is 7.80. The maximum atomic E-state index is 11.9. The molecule has 0 radical (unpaired) electrons. The fourth-order valence-electron chi connectivity index (χ4n) is 1.04. The smallest absolute Gasteiger partial charge is 0.162 e. The second kappa shape index (κ2) is 3.27. The Labute approximate surface area is 67.0 Å². The summed E-state index contributed by atoms with van der Waals surface area (Å²) in [7, 11) is -2.15. The lowest BCUT2D eigenvalue weighted by Gasteiger charge is -2.09. The van der Waals surface area contributed by atoms with Crippen LogP contribution >= 0.6 is 7.14 Å². The first-order valence-corrected chi connectivity index (χ1v) is 5.93. The van der Waals surface area contributed by atoms with E-state index in [0.29, 0.717) is 17.8 Å². The summed E-state index contributed by atoms with van der Waals surface area (Å²) in [5.74, 6) is 0. The molecule has 1 heterocycles. The number of rotatable bonds is 3. The average Bonchev–Trinajstić information content (AvgIpc) is 2.55. The molecule has 0 saturated heterocycles. The Hall–Kier alpha value is -0.490. The van der Waals surface area contributed by atoms with Crippen LogP contribution in [0, 0.1) is 0 Å². The van der Waals surface area contributed by atoms with Gasteiger partial charge in [0, 0.05) is 12.3 Å². The van der Waals surface area contributed by atoms with E-state index in [0.717, 1.165) is 0 Å². The molecule has 0 aliphatic carbocycles. The molecule has 3 heteroatoms. The first-order valence-electron chi connectivity index (χ1n) is 3.85. The van der Waals surface area contributed by atoms with Crippen molar-refractivity contribution in [2.75, 3.05) is 12.3 Å². The van der Waals surface area contributed by atoms with E-state index in [4.69, 9.17) is 4.42 Å². The van der Waals surface area contributed by atoms with E-state index in [1.165, 1.54) is 0 Å². The van der Waals surface area contributed by atoms with Crippen molar-refractivity contribution in [3.05, 3.63) is 18.4 Å². The van der Waals surface area contributed by atoms with Crippen molar-refractivity contribution in [1.82, 2.24) is 0 Å². The highest BCUT2D eigenvalue weighted by Gasteiger charge is 2.22. The highest BCUT2D eigenvalue weighted by Crippen LogP contribution is 2.43. The zero-order chi connectivity index (χ0) is 8.32. The molecule has 1 aromatic rings.